The molecule has 2 unspecified atom stereocenters. The van der Waals surface area contributed by atoms with Gasteiger partial charge in [-0.25, -0.2) is 4.79 Å². The second kappa shape index (κ2) is 6.91. The molecular weight excluding hydrogens is 254 g/mol. The zero-order chi connectivity index (χ0) is 15.3. The van der Waals surface area contributed by atoms with Gasteiger partial charge in [0.15, 0.2) is 0 Å². The Balaban J connectivity index is 2.53. The average molecular weight is 281 g/mol. The van der Waals surface area contributed by atoms with E-state index >= 15 is 0 Å². The van der Waals surface area contributed by atoms with E-state index in [2.05, 4.69) is 32.7 Å². The van der Waals surface area contributed by atoms with Crippen LogP contribution in [0.15, 0.2) is 12.7 Å². The van der Waals surface area contributed by atoms with Gasteiger partial charge in [-0.05, 0) is 50.0 Å². The summed E-state index contributed by atoms with van der Waals surface area (Å²) in [6.45, 7) is 11.7. The maximum atomic E-state index is 12.0. The van der Waals surface area contributed by atoms with Gasteiger partial charge in [0.2, 0.25) is 5.91 Å². The van der Waals surface area contributed by atoms with Crippen molar-refractivity contribution >= 4 is 11.9 Å². The monoisotopic (exact) mass is 281 g/mol. The van der Waals surface area contributed by atoms with Crippen LogP contribution >= 0.6 is 0 Å². The van der Waals surface area contributed by atoms with Crippen LogP contribution < -0.4 is 5.32 Å². The Morgan fingerprint density at radius 3 is 2.60 bits per heavy atom. The molecule has 4 nitrogen and oxygen atoms in total. The van der Waals surface area contributed by atoms with Crippen LogP contribution in [0.3, 0.4) is 0 Å². The first kappa shape index (κ1) is 16.7. The molecule has 1 rings (SSSR count). The molecule has 1 aliphatic rings. The van der Waals surface area contributed by atoms with Crippen molar-refractivity contribution in [2.75, 3.05) is 0 Å². The molecule has 1 fully saturated rings. The molecule has 0 bridgehead atoms. The van der Waals surface area contributed by atoms with Crippen LogP contribution in [0.25, 0.3) is 0 Å². The fraction of sp³-hybridized carbons (Fsp3) is 0.750. The van der Waals surface area contributed by atoms with Crippen molar-refractivity contribution in [2.24, 2.45) is 11.3 Å². The van der Waals surface area contributed by atoms with Crippen LogP contribution in [0.1, 0.15) is 53.4 Å². The molecule has 0 aromatic rings. The minimum Gasteiger partial charge on any atom is -0.461 e. The molecule has 1 amide bonds. The minimum absolute atomic E-state index is 0.0354. The third-order valence-corrected chi connectivity index (χ3v) is 4.54. The molecule has 0 aromatic carbocycles. The molecule has 4 heteroatoms. The van der Waals surface area contributed by atoms with Crippen molar-refractivity contribution in [1.29, 1.82) is 0 Å². The molecule has 20 heavy (non-hydrogen) atoms. The predicted octanol–water partition coefficient (Wildman–Crippen LogP) is 2.83. The number of hydrogen-bond donors (Lipinski definition) is 1. The van der Waals surface area contributed by atoms with Crippen molar-refractivity contribution in [3.05, 3.63) is 12.7 Å². The van der Waals surface area contributed by atoms with Gasteiger partial charge < -0.3 is 10.1 Å². The van der Waals surface area contributed by atoms with E-state index in [9.17, 15) is 9.59 Å². The first-order valence-electron chi connectivity index (χ1n) is 7.42. The molecule has 0 spiro atoms. The minimum atomic E-state index is -0.632. The van der Waals surface area contributed by atoms with Gasteiger partial charge in [0.25, 0.3) is 0 Å². The highest BCUT2D eigenvalue weighted by molar-refractivity contribution is 5.90. The second-order valence-electron chi connectivity index (χ2n) is 6.40. The van der Waals surface area contributed by atoms with Crippen LogP contribution in [-0.4, -0.2) is 24.0 Å². The summed E-state index contributed by atoms with van der Waals surface area (Å²) in [6, 6.07) is -0.632. The molecule has 1 aliphatic carbocycles. The van der Waals surface area contributed by atoms with E-state index in [1.54, 1.807) is 6.92 Å². The Morgan fingerprint density at radius 1 is 1.40 bits per heavy atom. The number of carbonyl (C=O) groups excluding carboxylic acids is 2. The van der Waals surface area contributed by atoms with E-state index in [0.29, 0.717) is 5.92 Å². The summed E-state index contributed by atoms with van der Waals surface area (Å²) in [7, 11) is 0. The summed E-state index contributed by atoms with van der Waals surface area (Å²) in [5.41, 5.74) is 0.233. The fourth-order valence-electron chi connectivity index (χ4n) is 2.68. The van der Waals surface area contributed by atoms with Crippen molar-refractivity contribution in [3.63, 3.8) is 0 Å². The molecular formula is C16H27NO3. The number of carbonyl (C=O) groups is 2. The van der Waals surface area contributed by atoms with Gasteiger partial charge in [-0.15, -0.1) is 0 Å². The van der Waals surface area contributed by atoms with Crippen LogP contribution in [-0.2, 0) is 14.3 Å². The van der Waals surface area contributed by atoms with Crippen LogP contribution in [0.4, 0.5) is 0 Å². The first-order chi connectivity index (χ1) is 9.28. The van der Waals surface area contributed by atoms with Gasteiger partial charge in [-0.1, -0.05) is 27.4 Å². The highest BCUT2D eigenvalue weighted by atomic mass is 16.5. The van der Waals surface area contributed by atoms with Gasteiger partial charge in [0, 0.05) is 0 Å². The number of ether oxygens (including phenoxy) is 1. The van der Waals surface area contributed by atoms with Gasteiger partial charge >= 0.3 is 5.97 Å². The molecule has 3 atom stereocenters. The lowest BCUT2D eigenvalue weighted by atomic mass is 9.67. The lowest BCUT2D eigenvalue weighted by molar-refractivity contribution is -0.156. The van der Waals surface area contributed by atoms with Gasteiger partial charge in [0.1, 0.15) is 12.1 Å². The quantitative estimate of drug-likeness (QED) is 0.623. The Morgan fingerprint density at radius 2 is 2.05 bits per heavy atom. The van der Waals surface area contributed by atoms with Gasteiger partial charge in [-0.2, -0.15) is 0 Å². The van der Waals surface area contributed by atoms with Crippen LogP contribution in [0.5, 0.6) is 0 Å². The lowest BCUT2D eigenvalue weighted by Gasteiger charge is -2.41. The van der Waals surface area contributed by atoms with Crippen molar-refractivity contribution < 1.29 is 14.3 Å². The van der Waals surface area contributed by atoms with Gasteiger partial charge in [-0.3, -0.25) is 4.79 Å². The highest BCUT2D eigenvalue weighted by Gasteiger charge is 2.36. The smallest absolute Gasteiger partial charge is 0.328 e. The van der Waals surface area contributed by atoms with E-state index in [0.717, 1.165) is 25.3 Å². The normalized spacial score (nSPS) is 27.8. The molecule has 0 saturated heterocycles. The lowest BCUT2D eigenvalue weighted by Crippen LogP contribution is -2.42. The number of hydrogen-bond acceptors (Lipinski definition) is 3. The van der Waals surface area contributed by atoms with E-state index < -0.39 is 6.04 Å². The Kier molecular flexibility index (Phi) is 5.78. The number of esters is 1. The van der Waals surface area contributed by atoms with E-state index in [1.165, 1.54) is 6.42 Å². The van der Waals surface area contributed by atoms with Crippen molar-refractivity contribution in [3.8, 4) is 0 Å². The summed E-state index contributed by atoms with van der Waals surface area (Å²) >= 11 is 0. The third kappa shape index (κ3) is 4.36. The first-order valence-corrected chi connectivity index (χ1v) is 7.42. The summed E-state index contributed by atoms with van der Waals surface area (Å²) < 4.78 is 5.56. The van der Waals surface area contributed by atoms with E-state index in [4.69, 9.17) is 4.74 Å². The van der Waals surface area contributed by atoms with E-state index in [1.807, 2.05) is 0 Å². The Hall–Kier alpha value is -1.32. The van der Waals surface area contributed by atoms with Crippen molar-refractivity contribution in [1.82, 2.24) is 5.32 Å². The number of nitrogens with one attached hydrogen (secondary N) is 1. The summed E-state index contributed by atoms with van der Waals surface area (Å²) in [5.74, 6) is -0.148. The molecule has 1 saturated carbocycles. The topological polar surface area (TPSA) is 55.4 Å². The van der Waals surface area contributed by atoms with Crippen LogP contribution in [0.2, 0.25) is 0 Å². The molecule has 1 N–H and O–H groups in total. The SMILES string of the molecule is C=CC(=O)N[C@H](C)C(=O)OC1CCCC(C)(C(C)C)C1. The Labute approximate surface area is 122 Å². The zero-order valence-corrected chi connectivity index (χ0v) is 13.1. The number of rotatable bonds is 5. The summed E-state index contributed by atoms with van der Waals surface area (Å²) in [6.07, 6.45) is 5.20. The van der Waals surface area contributed by atoms with Gasteiger partial charge in [0.05, 0.1) is 0 Å². The molecule has 0 heterocycles. The Bertz CT molecular complexity index is 378. The molecule has 0 radical (unpaired) electrons. The van der Waals surface area contributed by atoms with Crippen molar-refractivity contribution in [2.45, 2.75) is 65.5 Å². The molecule has 0 aromatic heterocycles. The van der Waals surface area contributed by atoms with Crippen LogP contribution in [0, 0.1) is 11.3 Å². The fourth-order valence-corrected chi connectivity index (χ4v) is 2.68. The standard InChI is InChI=1S/C16H27NO3/c1-6-14(18)17-12(4)15(19)20-13-8-7-9-16(5,10-13)11(2)3/h6,11-13H,1,7-10H2,2-5H3,(H,17,18)/t12-,13?,16?/m1/s1. The maximum absolute atomic E-state index is 12.0. The predicted molar refractivity (Wildman–Crippen MR) is 79.1 cm³/mol. The third-order valence-electron chi connectivity index (χ3n) is 4.54. The zero-order valence-electron chi connectivity index (χ0n) is 13.1. The average Bonchev–Trinajstić information content (AvgIpc) is 2.38. The molecule has 0 aliphatic heterocycles. The van der Waals surface area contributed by atoms with E-state index in [-0.39, 0.29) is 23.4 Å². The number of amides is 1. The second-order valence-corrected chi connectivity index (χ2v) is 6.40. The largest absolute Gasteiger partial charge is 0.461 e. The molecule has 114 valence electrons. The maximum Gasteiger partial charge on any atom is 0.328 e. The summed E-state index contributed by atoms with van der Waals surface area (Å²) in [4.78, 5) is 23.1. The highest BCUT2D eigenvalue weighted by Crippen LogP contribution is 2.42. The summed E-state index contributed by atoms with van der Waals surface area (Å²) in [5, 5.41) is 2.53.